The smallest absolute Gasteiger partial charge is 0.255 e. The number of sulfonamides is 1. The molecule has 0 bridgehead atoms. The molecule has 0 aliphatic carbocycles. The average molecular weight is 479 g/mol. The van der Waals surface area contributed by atoms with Crippen molar-refractivity contribution in [2.75, 3.05) is 39.8 Å². The summed E-state index contributed by atoms with van der Waals surface area (Å²) in [6.45, 7) is 0.782. The minimum Gasteiger partial charge on any atom is -0.364 e. The van der Waals surface area contributed by atoms with Gasteiger partial charge in [0.1, 0.15) is 12.0 Å². The highest BCUT2D eigenvalue weighted by molar-refractivity contribution is 14.0. The Morgan fingerprint density at radius 3 is 2.58 bits per heavy atom. The Labute approximate surface area is 156 Å². The topological polar surface area (TPSA) is 91.0 Å². The number of hydrogen-bond donors (Lipinski definition) is 1. The van der Waals surface area contributed by atoms with Gasteiger partial charge < -0.3 is 14.7 Å². The van der Waals surface area contributed by atoms with Crippen molar-refractivity contribution in [3.8, 4) is 0 Å². The molecule has 0 saturated carbocycles. The maximum atomic E-state index is 12.3. The number of alkyl halides is 2. The van der Waals surface area contributed by atoms with Gasteiger partial charge in [-0.2, -0.15) is 4.31 Å². The summed E-state index contributed by atoms with van der Waals surface area (Å²) in [5, 5.41) is 6.17. The Morgan fingerprint density at radius 1 is 1.42 bits per heavy atom. The van der Waals surface area contributed by atoms with E-state index in [1.54, 1.807) is 4.90 Å². The lowest BCUT2D eigenvalue weighted by Gasteiger charge is -2.35. The number of aromatic nitrogens is 1. The molecule has 0 unspecified atom stereocenters. The van der Waals surface area contributed by atoms with Crippen molar-refractivity contribution in [2.45, 2.75) is 12.2 Å². The van der Waals surface area contributed by atoms with Crippen LogP contribution in [0.2, 0.25) is 0 Å². The van der Waals surface area contributed by atoms with Crippen LogP contribution in [0.1, 0.15) is 5.69 Å². The fourth-order valence-electron chi connectivity index (χ4n) is 2.27. The van der Waals surface area contributed by atoms with Crippen molar-refractivity contribution >= 4 is 40.0 Å². The van der Waals surface area contributed by atoms with Crippen molar-refractivity contribution in [2.24, 2.45) is 4.99 Å². The van der Waals surface area contributed by atoms with Crippen LogP contribution < -0.4 is 5.32 Å². The van der Waals surface area contributed by atoms with Crippen LogP contribution in [-0.4, -0.2) is 74.9 Å². The summed E-state index contributed by atoms with van der Waals surface area (Å²) in [7, 11) is -1.98. The number of aliphatic imine (C=N–C) groups is 1. The predicted octanol–water partition coefficient (Wildman–Crippen LogP) is 0.580. The maximum absolute atomic E-state index is 12.3. The molecule has 1 aromatic rings. The first-order chi connectivity index (χ1) is 10.9. The highest BCUT2D eigenvalue weighted by Gasteiger charge is 2.29. The first-order valence-electron chi connectivity index (χ1n) is 7.03. The Morgan fingerprint density at radius 2 is 2.08 bits per heavy atom. The number of guanidine groups is 1. The normalized spacial score (nSPS) is 17.0. The second-order valence-electron chi connectivity index (χ2n) is 4.95. The molecular weight excluding hydrogens is 459 g/mol. The van der Waals surface area contributed by atoms with E-state index in [1.807, 2.05) is 0 Å². The number of piperazine rings is 1. The summed E-state index contributed by atoms with van der Waals surface area (Å²) in [6, 6.07) is 1.50. The van der Waals surface area contributed by atoms with Crippen LogP contribution in [0.3, 0.4) is 0 Å². The fraction of sp³-hybridized carbons (Fsp3) is 0.667. The van der Waals surface area contributed by atoms with Gasteiger partial charge in [0.25, 0.3) is 6.43 Å². The average Bonchev–Trinajstić information content (AvgIpc) is 3.00. The Hall–Kier alpha value is -1.02. The molecule has 24 heavy (non-hydrogen) atoms. The molecule has 1 aliphatic heterocycles. The van der Waals surface area contributed by atoms with Gasteiger partial charge >= 0.3 is 0 Å². The minimum atomic E-state index is -3.48. The number of hydrogen-bond acceptors (Lipinski definition) is 5. The molecule has 138 valence electrons. The Bertz CT molecular complexity index is 619. The van der Waals surface area contributed by atoms with E-state index >= 15 is 0 Å². The fourth-order valence-corrected chi connectivity index (χ4v) is 3.69. The molecule has 1 fully saturated rings. The van der Waals surface area contributed by atoms with E-state index in [4.69, 9.17) is 0 Å². The first kappa shape index (κ1) is 21.0. The zero-order chi connectivity index (χ0) is 16.9. The molecule has 2 rings (SSSR count). The van der Waals surface area contributed by atoms with Gasteiger partial charge in [-0.15, -0.1) is 24.0 Å². The van der Waals surface area contributed by atoms with Crippen LogP contribution in [0.5, 0.6) is 0 Å². The highest BCUT2D eigenvalue weighted by atomic mass is 127. The number of nitrogens with zero attached hydrogens (tertiary/aromatic N) is 4. The summed E-state index contributed by atoms with van der Waals surface area (Å²) >= 11 is 0. The van der Waals surface area contributed by atoms with Crippen molar-refractivity contribution in [3.05, 3.63) is 18.0 Å². The molecule has 0 aromatic carbocycles. The van der Waals surface area contributed by atoms with E-state index in [0.29, 0.717) is 24.7 Å². The predicted molar refractivity (Wildman–Crippen MR) is 95.1 cm³/mol. The van der Waals surface area contributed by atoms with E-state index in [9.17, 15) is 17.2 Å². The molecule has 0 spiro atoms. The molecule has 0 amide bonds. The van der Waals surface area contributed by atoms with Crippen molar-refractivity contribution < 1.29 is 21.7 Å². The first-order valence-corrected chi connectivity index (χ1v) is 8.64. The van der Waals surface area contributed by atoms with Crippen molar-refractivity contribution in [1.29, 1.82) is 0 Å². The second-order valence-corrected chi connectivity index (χ2v) is 6.92. The summed E-state index contributed by atoms with van der Waals surface area (Å²) < 4.78 is 55.1. The van der Waals surface area contributed by atoms with Gasteiger partial charge in [-0.05, 0) is 0 Å². The van der Waals surface area contributed by atoms with Crippen molar-refractivity contribution in [1.82, 2.24) is 19.7 Å². The lowest BCUT2D eigenvalue weighted by atomic mass is 10.4. The van der Waals surface area contributed by atoms with Crippen LogP contribution >= 0.6 is 24.0 Å². The molecular formula is C12H20F2IN5O3S. The molecule has 0 radical (unpaired) electrons. The molecule has 1 aromatic heterocycles. The third-order valence-electron chi connectivity index (χ3n) is 3.38. The number of rotatable bonds is 5. The summed E-state index contributed by atoms with van der Waals surface area (Å²) in [4.78, 5) is 5.69. The van der Waals surface area contributed by atoms with E-state index < -0.39 is 23.0 Å². The van der Waals surface area contributed by atoms with Crippen LogP contribution in [0.15, 0.2) is 21.8 Å². The number of halogens is 3. The van der Waals surface area contributed by atoms with E-state index in [2.05, 4.69) is 20.0 Å². The van der Waals surface area contributed by atoms with Gasteiger partial charge in [0.05, 0.1) is 12.2 Å². The molecule has 2 heterocycles. The Kier molecular flexibility index (Phi) is 8.29. The standard InChI is InChI=1S/C12H19F2N5O3S.HI/c1-15-12(16-8-11(13)14)18-3-5-19(6-4-18)23(20,21)9-10-2-7-22-17-10;/h2,7,11H,3-6,8-9H2,1H3,(H,15,16);1H. The molecule has 1 N–H and O–H groups in total. The third kappa shape index (κ3) is 5.81. The SMILES string of the molecule is CN=C(NCC(F)F)N1CCN(S(=O)(=O)Cc2ccon2)CC1.I. The lowest BCUT2D eigenvalue weighted by molar-refractivity contribution is 0.150. The maximum Gasteiger partial charge on any atom is 0.255 e. The van der Waals surface area contributed by atoms with Gasteiger partial charge in [-0.3, -0.25) is 4.99 Å². The van der Waals surface area contributed by atoms with Gasteiger partial charge in [0, 0.05) is 39.3 Å². The van der Waals surface area contributed by atoms with Crippen LogP contribution in [-0.2, 0) is 15.8 Å². The van der Waals surface area contributed by atoms with Crippen LogP contribution in [0.4, 0.5) is 8.78 Å². The van der Waals surface area contributed by atoms with Crippen molar-refractivity contribution in [3.63, 3.8) is 0 Å². The molecule has 8 nitrogen and oxygen atoms in total. The van der Waals surface area contributed by atoms with Crippen LogP contribution in [0.25, 0.3) is 0 Å². The number of nitrogens with one attached hydrogen (secondary N) is 1. The van der Waals surface area contributed by atoms with Gasteiger partial charge in [-0.25, -0.2) is 17.2 Å². The van der Waals surface area contributed by atoms with Gasteiger partial charge in [0.2, 0.25) is 10.0 Å². The third-order valence-corrected chi connectivity index (χ3v) is 5.19. The molecule has 12 heteroatoms. The zero-order valence-electron chi connectivity index (χ0n) is 13.1. The van der Waals surface area contributed by atoms with Gasteiger partial charge in [0.15, 0.2) is 5.96 Å². The van der Waals surface area contributed by atoms with E-state index in [-0.39, 0.29) is 42.8 Å². The lowest BCUT2D eigenvalue weighted by Crippen LogP contribution is -2.54. The van der Waals surface area contributed by atoms with Gasteiger partial charge in [-0.1, -0.05) is 5.16 Å². The highest BCUT2D eigenvalue weighted by Crippen LogP contribution is 2.12. The molecule has 0 atom stereocenters. The van der Waals surface area contributed by atoms with Crippen LogP contribution in [0, 0.1) is 0 Å². The monoisotopic (exact) mass is 479 g/mol. The summed E-state index contributed by atoms with van der Waals surface area (Å²) in [6.07, 6.45) is -1.16. The minimum absolute atomic E-state index is 0. The molecule has 1 saturated heterocycles. The summed E-state index contributed by atoms with van der Waals surface area (Å²) in [5.41, 5.74) is 0.349. The summed E-state index contributed by atoms with van der Waals surface area (Å²) in [5.74, 6) is 0.126. The largest absolute Gasteiger partial charge is 0.364 e. The van der Waals surface area contributed by atoms with E-state index in [1.165, 1.54) is 23.7 Å². The quantitative estimate of drug-likeness (QED) is 0.378. The zero-order valence-corrected chi connectivity index (χ0v) is 16.2. The second kappa shape index (κ2) is 9.46. The van der Waals surface area contributed by atoms with E-state index in [0.717, 1.165) is 0 Å². The Balaban J connectivity index is 0.00000288. The molecule has 1 aliphatic rings.